The van der Waals surface area contributed by atoms with Crippen LogP contribution in [0.2, 0.25) is 5.02 Å². The van der Waals surface area contributed by atoms with Crippen molar-refractivity contribution in [3.8, 4) is 17.1 Å². The van der Waals surface area contributed by atoms with E-state index in [1.807, 2.05) is 26.0 Å². The zero-order chi connectivity index (χ0) is 22.1. The lowest BCUT2D eigenvalue weighted by molar-refractivity contribution is 0.207. The van der Waals surface area contributed by atoms with Crippen molar-refractivity contribution in [1.29, 1.82) is 0 Å². The van der Waals surface area contributed by atoms with E-state index in [9.17, 15) is 9.18 Å². The largest absolute Gasteiger partial charge is 0.494 e. The molecular weight excluding hydrogens is 423 g/mol. The number of amides is 2. The van der Waals surface area contributed by atoms with E-state index in [1.165, 1.54) is 19.2 Å². The molecule has 1 atom stereocenters. The van der Waals surface area contributed by atoms with Crippen LogP contribution in [0.15, 0.2) is 52.7 Å². The van der Waals surface area contributed by atoms with Gasteiger partial charge in [-0.2, -0.15) is 4.98 Å². The van der Waals surface area contributed by atoms with Crippen LogP contribution in [0.25, 0.3) is 17.0 Å². The molecule has 0 aliphatic carbocycles. The normalized spacial score (nSPS) is 16.5. The Morgan fingerprint density at radius 2 is 2.00 bits per heavy atom. The Bertz CT molecular complexity index is 1160. The molecule has 4 rings (SSSR count). The number of benzene rings is 2. The standard InChI is InChI=1S/C22H20ClFN4O3/c1-4-28-12(2)18(19(25-22(28)29)13-5-8-15(23)9-6-13)21-26-20(27-31-21)14-7-10-17(30-3)16(24)11-14/h5-11,19H,4H2,1-3H3,(H,25,29). The van der Waals surface area contributed by atoms with Crippen molar-refractivity contribution in [3.63, 3.8) is 0 Å². The SMILES string of the molecule is CCN1C(=O)NC(c2ccc(Cl)cc2)C(c2nc(-c3ccc(OC)c(F)c3)no2)=C1C. The third-order valence-electron chi connectivity index (χ3n) is 5.18. The van der Waals surface area contributed by atoms with E-state index in [4.69, 9.17) is 20.9 Å². The van der Waals surface area contributed by atoms with E-state index < -0.39 is 11.9 Å². The summed E-state index contributed by atoms with van der Waals surface area (Å²) in [6.45, 7) is 4.18. The topological polar surface area (TPSA) is 80.5 Å². The van der Waals surface area contributed by atoms with Crippen LogP contribution in [-0.4, -0.2) is 34.7 Å². The van der Waals surface area contributed by atoms with Crippen molar-refractivity contribution in [2.75, 3.05) is 13.7 Å². The summed E-state index contributed by atoms with van der Waals surface area (Å²) in [7, 11) is 1.40. The quantitative estimate of drug-likeness (QED) is 0.597. The Kier molecular flexibility index (Phi) is 5.65. The highest BCUT2D eigenvalue weighted by atomic mass is 35.5. The van der Waals surface area contributed by atoms with Crippen molar-refractivity contribution >= 4 is 23.2 Å². The highest BCUT2D eigenvalue weighted by Crippen LogP contribution is 2.37. The predicted octanol–water partition coefficient (Wildman–Crippen LogP) is 5.06. The summed E-state index contributed by atoms with van der Waals surface area (Å²) in [6, 6.07) is 10.9. The van der Waals surface area contributed by atoms with Gasteiger partial charge in [0.15, 0.2) is 11.6 Å². The molecule has 1 aliphatic heterocycles. The number of hydrogen-bond donors (Lipinski definition) is 1. The molecule has 1 aromatic heterocycles. The molecule has 0 radical (unpaired) electrons. The summed E-state index contributed by atoms with van der Waals surface area (Å²) in [6.07, 6.45) is 0. The van der Waals surface area contributed by atoms with Gasteiger partial charge >= 0.3 is 6.03 Å². The number of rotatable bonds is 5. The fourth-order valence-electron chi connectivity index (χ4n) is 3.60. The van der Waals surface area contributed by atoms with Crippen LogP contribution in [0, 0.1) is 5.82 Å². The van der Waals surface area contributed by atoms with Gasteiger partial charge in [-0.05, 0) is 49.7 Å². The van der Waals surface area contributed by atoms with Crippen molar-refractivity contribution in [2.45, 2.75) is 19.9 Å². The third kappa shape index (κ3) is 3.86. The molecule has 9 heteroatoms. The number of carbonyl (C=O) groups excluding carboxylic acids is 1. The van der Waals surface area contributed by atoms with E-state index in [1.54, 1.807) is 23.1 Å². The van der Waals surface area contributed by atoms with E-state index in [0.717, 1.165) is 5.56 Å². The summed E-state index contributed by atoms with van der Waals surface area (Å²) in [5, 5.41) is 7.60. The molecule has 160 valence electrons. The Balaban J connectivity index is 1.79. The molecule has 0 saturated carbocycles. The lowest BCUT2D eigenvalue weighted by atomic mass is 9.95. The summed E-state index contributed by atoms with van der Waals surface area (Å²) in [4.78, 5) is 18.7. The van der Waals surface area contributed by atoms with Gasteiger partial charge in [-0.1, -0.05) is 28.9 Å². The second-order valence-electron chi connectivity index (χ2n) is 6.95. The average molecular weight is 443 g/mol. The molecule has 31 heavy (non-hydrogen) atoms. The maximum absolute atomic E-state index is 14.1. The van der Waals surface area contributed by atoms with Gasteiger partial charge in [-0.25, -0.2) is 9.18 Å². The van der Waals surface area contributed by atoms with Crippen LogP contribution in [0.5, 0.6) is 5.75 Å². The van der Waals surface area contributed by atoms with Gasteiger partial charge < -0.3 is 14.6 Å². The minimum atomic E-state index is -0.525. The van der Waals surface area contributed by atoms with Gasteiger partial charge in [-0.3, -0.25) is 4.90 Å². The first-order valence-electron chi connectivity index (χ1n) is 9.65. The molecule has 1 N–H and O–H groups in total. The number of ether oxygens (including phenoxy) is 1. The number of hydrogen-bond acceptors (Lipinski definition) is 5. The van der Waals surface area contributed by atoms with E-state index in [2.05, 4.69) is 15.5 Å². The lowest BCUT2D eigenvalue weighted by Gasteiger charge is -2.34. The number of allylic oxidation sites excluding steroid dienone is 1. The number of nitrogens with zero attached hydrogens (tertiary/aromatic N) is 3. The zero-order valence-corrected chi connectivity index (χ0v) is 17.9. The highest BCUT2D eigenvalue weighted by Gasteiger charge is 2.35. The predicted molar refractivity (Wildman–Crippen MR) is 114 cm³/mol. The molecular formula is C22H20ClFN4O3. The second-order valence-corrected chi connectivity index (χ2v) is 7.39. The van der Waals surface area contributed by atoms with Crippen molar-refractivity contribution in [3.05, 3.63) is 70.5 Å². The van der Waals surface area contributed by atoms with Crippen LogP contribution < -0.4 is 10.1 Å². The second kappa shape index (κ2) is 8.39. The molecule has 0 fully saturated rings. The number of methoxy groups -OCH3 is 1. The number of nitrogens with one attached hydrogen (secondary N) is 1. The first-order chi connectivity index (χ1) is 14.9. The fourth-order valence-corrected chi connectivity index (χ4v) is 3.73. The Labute approximate surface area is 183 Å². The van der Waals surface area contributed by atoms with E-state index in [0.29, 0.717) is 28.4 Å². The smallest absolute Gasteiger partial charge is 0.322 e. The summed E-state index contributed by atoms with van der Waals surface area (Å²) >= 11 is 6.02. The van der Waals surface area contributed by atoms with E-state index in [-0.39, 0.29) is 23.5 Å². The molecule has 0 bridgehead atoms. The van der Waals surface area contributed by atoms with Crippen LogP contribution in [0.3, 0.4) is 0 Å². The highest BCUT2D eigenvalue weighted by molar-refractivity contribution is 6.30. The maximum Gasteiger partial charge on any atom is 0.322 e. The Morgan fingerprint density at radius 3 is 2.65 bits per heavy atom. The molecule has 2 aromatic carbocycles. The van der Waals surface area contributed by atoms with Crippen LogP contribution in [0.1, 0.15) is 31.3 Å². The van der Waals surface area contributed by atoms with Gasteiger partial charge in [0.2, 0.25) is 5.82 Å². The van der Waals surface area contributed by atoms with Gasteiger partial charge in [0.05, 0.1) is 18.7 Å². The Hall–Kier alpha value is -3.39. The van der Waals surface area contributed by atoms with Gasteiger partial charge in [0.25, 0.3) is 5.89 Å². The minimum Gasteiger partial charge on any atom is -0.494 e. The molecule has 2 amide bonds. The van der Waals surface area contributed by atoms with Crippen molar-refractivity contribution in [2.24, 2.45) is 0 Å². The fraction of sp³-hybridized carbons (Fsp3) is 0.227. The summed E-state index contributed by atoms with van der Waals surface area (Å²) in [5.74, 6) is 0.0686. The van der Waals surface area contributed by atoms with E-state index >= 15 is 0 Å². The first-order valence-corrected chi connectivity index (χ1v) is 10.0. The van der Waals surface area contributed by atoms with Crippen LogP contribution >= 0.6 is 11.6 Å². The Morgan fingerprint density at radius 1 is 1.26 bits per heavy atom. The number of aromatic nitrogens is 2. The molecule has 1 unspecified atom stereocenters. The van der Waals surface area contributed by atoms with Gasteiger partial charge in [0.1, 0.15) is 0 Å². The molecule has 2 heterocycles. The van der Waals surface area contributed by atoms with Crippen molar-refractivity contribution < 1.29 is 18.4 Å². The van der Waals surface area contributed by atoms with Crippen molar-refractivity contribution in [1.82, 2.24) is 20.4 Å². The van der Waals surface area contributed by atoms with Gasteiger partial charge in [0, 0.05) is 22.8 Å². The number of carbonyl (C=O) groups is 1. The zero-order valence-electron chi connectivity index (χ0n) is 17.1. The third-order valence-corrected chi connectivity index (χ3v) is 5.43. The van der Waals surface area contributed by atoms with Crippen LogP contribution in [0.4, 0.5) is 9.18 Å². The average Bonchev–Trinajstić information content (AvgIpc) is 3.24. The molecule has 0 spiro atoms. The lowest BCUT2D eigenvalue weighted by Crippen LogP contribution is -2.45. The minimum absolute atomic E-state index is 0.127. The summed E-state index contributed by atoms with van der Waals surface area (Å²) < 4.78 is 24.6. The molecule has 0 saturated heterocycles. The first kappa shape index (κ1) is 20.9. The number of urea groups is 1. The monoisotopic (exact) mass is 442 g/mol. The summed E-state index contributed by atoms with van der Waals surface area (Å²) in [5.41, 5.74) is 2.62. The maximum atomic E-state index is 14.1. The molecule has 3 aromatic rings. The molecule has 7 nitrogen and oxygen atoms in total. The molecule has 1 aliphatic rings. The number of halogens is 2. The van der Waals surface area contributed by atoms with Gasteiger partial charge in [-0.15, -0.1) is 0 Å². The van der Waals surface area contributed by atoms with Crippen LogP contribution in [-0.2, 0) is 0 Å².